The topological polar surface area (TPSA) is 80.4 Å². The third-order valence-electron chi connectivity index (χ3n) is 3.45. The van der Waals surface area contributed by atoms with Gasteiger partial charge in [0.15, 0.2) is 0 Å². The Labute approximate surface area is 136 Å². The van der Waals surface area contributed by atoms with Crippen LogP contribution in [0.3, 0.4) is 0 Å². The third-order valence-corrected chi connectivity index (χ3v) is 3.69. The maximum absolute atomic E-state index is 12.3. The van der Waals surface area contributed by atoms with Crippen molar-refractivity contribution < 1.29 is 5.21 Å². The summed E-state index contributed by atoms with van der Waals surface area (Å²) >= 11 is 6.04. The Morgan fingerprint density at radius 3 is 2.83 bits per heavy atom. The molecule has 3 rings (SSSR count). The van der Waals surface area contributed by atoms with Gasteiger partial charge in [0, 0.05) is 22.5 Å². The molecular weight excluding hydrogens is 316 g/mol. The highest BCUT2D eigenvalue weighted by Crippen LogP contribution is 2.26. The normalized spacial score (nSPS) is 11.4. The first-order valence-corrected chi connectivity index (χ1v) is 7.36. The number of halogens is 1. The second-order valence-electron chi connectivity index (χ2n) is 4.85. The van der Waals surface area contributed by atoms with E-state index in [1.165, 1.54) is 10.8 Å². The fraction of sp³-hybridized carbons (Fsp3) is 0.125. The van der Waals surface area contributed by atoms with E-state index < -0.39 is 0 Å². The molecule has 7 heteroatoms. The first-order chi connectivity index (χ1) is 11.1. The van der Waals surface area contributed by atoms with Gasteiger partial charge < -0.3 is 5.21 Å². The van der Waals surface area contributed by atoms with Gasteiger partial charge in [0.05, 0.1) is 17.6 Å². The summed E-state index contributed by atoms with van der Waals surface area (Å²) in [6.07, 6.45) is 1.21. The first-order valence-electron chi connectivity index (χ1n) is 6.99. The number of rotatable bonds is 3. The molecule has 3 aromatic rings. The zero-order valence-corrected chi connectivity index (χ0v) is 13.0. The van der Waals surface area contributed by atoms with Gasteiger partial charge in [-0.05, 0) is 31.2 Å². The van der Waals surface area contributed by atoms with Crippen LogP contribution in [-0.4, -0.2) is 26.0 Å². The van der Waals surface area contributed by atoms with Crippen molar-refractivity contribution in [2.75, 3.05) is 0 Å². The molecule has 0 bridgehead atoms. The molecule has 0 aliphatic rings. The average Bonchev–Trinajstić information content (AvgIpc) is 2.54. The number of aryl methyl sites for hydroxylation is 1. The Balaban J connectivity index is 2.38. The summed E-state index contributed by atoms with van der Waals surface area (Å²) in [5.74, 6) is 0. The maximum atomic E-state index is 12.3. The molecule has 2 heterocycles. The zero-order valence-electron chi connectivity index (χ0n) is 12.3. The number of fused-ring (bicyclic) bond motifs is 1. The van der Waals surface area contributed by atoms with Gasteiger partial charge >= 0.3 is 5.69 Å². The third kappa shape index (κ3) is 2.80. The Hall–Kier alpha value is -2.73. The summed E-state index contributed by atoms with van der Waals surface area (Å²) in [7, 11) is 0. The number of nitrogens with zero attached hydrogens (tertiary/aromatic N) is 4. The van der Waals surface area contributed by atoms with Crippen LogP contribution in [0.2, 0.25) is 5.02 Å². The lowest BCUT2D eigenvalue weighted by molar-refractivity contribution is 0.321. The van der Waals surface area contributed by atoms with Crippen LogP contribution in [0.15, 0.2) is 46.3 Å². The van der Waals surface area contributed by atoms with Crippen LogP contribution in [0.4, 0.5) is 0 Å². The van der Waals surface area contributed by atoms with Crippen LogP contribution in [0.25, 0.3) is 22.3 Å². The molecule has 0 spiro atoms. The molecule has 0 atom stereocenters. The highest BCUT2D eigenvalue weighted by Gasteiger charge is 2.13. The van der Waals surface area contributed by atoms with Crippen LogP contribution in [0.1, 0.15) is 12.6 Å². The molecule has 0 unspecified atom stereocenters. The van der Waals surface area contributed by atoms with E-state index in [4.69, 9.17) is 16.8 Å². The van der Waals surface area contributed by atoms with Crippen LogP contribution >= 0.6 is 11.6 Å². The molecule has 0 amide bonds. The molecule has 2 aromatic heterocycles. The van der Waals surface area contributed by atoms with Crippen molar-refractivity contribution >= 4 is 28.8 Å². The van der Waals surface area contributed by atoms with Crippen molar-refractivity contribution in [2.45, 2.75) is 13.5 Å². The van der Waals surface area contributed by atoms with E-state index in [2.05, 4.69) is 15.1 Å². The molecule has 0 fully saturated rings. The number of aromatic nitrogens is 3. The van der Waals surface area contributed by atoms with Crippen molar-refractivity contribution in [3.8, 4) is 11.3 Å². The monoisotopic (exact) mass is 328 g/mol. The largest absolute Gasteiger partial charge is 0.411 e. The molecule has 23 heavy (non-hydrogen) atoms. The van der Waals surface area contributed by atoms with Crippen molar-refractivity contribution in [1.82, 2.24) is 14.5 Å². The lowest BCUT2D eigenvalue weighted by Gasteiger charge is -2.11. The second-order valence-corrected chi connectivity index (χ2v) is 5.29. The van der Waals surface area contributed by atoms with Crippen molar-refractivity contribution in [1.29, 1.82) is 0 Å². The first kappa shape index (κ1) is 15.2. The maximum Gasteiger partial charge on any atom is 0.349 e. The Morgan fingerprint density at radius 1 is 1.30 bits per heavy atom. The van der Waals surface area contributed by atoms with Gasteiger partial charge in [-0.3, -0.25) is 4.57 Å². The lowest BCUT2D eigenvalue weighted by atomic mass is 10.1. The molecule has 1 N–H and O–H groups in total. The standard InChI is InChI=1S/C16H13ClN4O2/c1-2-21-15-13(7-6-12(19-15)9-18-23)14(20-16(21)22)10-4-3-5-11(17)8-10/h3-9,23H,2H2,1H3/b18-9-. The predicted octanol–water partition coefficient (Wildman–Crippen LogP) is 2.94. The van der Waals surface area contributed by atoms with Crippen LogP contribution < -0.4 is 5.69 Å². The number of hydrogen-bond donors (Lipinski definition) is 1. The van der Waals surface area contributed by atoms with Gasteiger partial charge in [-0.1, -0.05) is 28.9 Å². The van der Waals surface area contributed by atoms with E-state index in [1.807, 2.05) is 13.0 Å². The number of hydrogen-bond acceptors (Lipinski definition) is 5. The number of oxime groups is 1. The van der Waals surface area contributed by atoms with E-state index in [0.29, 0.717) is 28.6 Å². The minimum Gasteiger partial charge on any atom is -0.411 e. The van der Waals surface area contributed by atoms with Crippen molar-refractivity contribution in [3.63, 3.8) is 0 Å². The van der Waals surface area contributed by atoms with Gasteiger partial charge in [0.2, 0.25) is 0 Å². The summed E-state index contributed by atoms with van der Waals surface area (Å²) in [4.78, 5) is 20.9. The molecule has 0 saturated heterocycles. The Bertz CT molecular complexity index is 966. The van der Waals surface area contributed by atoms with Crippen molar-refractivity contribution in [3.05, 3.63) is 57.6 Å². The summed E-state index contributed by atoms with van der Waals surface area (Å²) < 4.78 is 1.47. The SMILES string of the molecule is CCn1c(=O)nc(-c2cccc(Cl)c2)c2ccc(/C=N\O)nc21. The van der Waals surface area contributed by atoms with Gasteiger partial charge in [-0.25, -0.2) is 9.78 Å². The second kappa shape index (κ2) is 6.18. The van der Waals surface area contributed by atoms with Crippen LogP contribution in [0, 0.1) is 0 Å². The van der Waals surface area contributed by atoms with E-state index in [0.717, 1.165) is 10.9 Å². The molecule has 6 nitrogen and oxygen atoms in total. The van der Waals surface area contributed by atoms with Crippen molar-refractivity contribution in [2.24, 2.45) is 5.16 Å². The van der Waals surface area contributed by atoms with Gasteiger partial charge in [0.25, 0.3) is 0 Å². The average molecular weight is 329 g/mol. The fourth-order valence-corrected chi connectivity index (χ4v) is 2.62. The summed E-state index contributed by atoms with van der Waals surface area (Å²) in [6, 6.07) is 10.6. The molecule has 0 saturated carbocycles. The van der Waals surface area contributed by atoms with E-state index in [9.17, 15) is 4.79 Å². The Morgan fingerprint density at radius 2 is 2.13 bits per heavy atom. The summed E-state index contributed by atoms with van der Waals surface area (Å²) in [6.45, 7) is 2.28. The lowest BCUT2D eigenvalue weighted by Crippen LogP contribution is -2.24. The summed E-state index contributed by atoms with van der Waals surface area (Å²) in [5.41, 5.74) is 1.82. The highest BCUT2D eigenvalue weighted by molar-refractivity contribution is 6.30. The van der Waals surface area contributed by atoms with Crippen LogP contribution in [-0.2, 0) is 6.54 Å². The van der Waals surface area contributed by atoms with E-state index in [1.54, 1.807) is 30.3 Å². The summed E-state index contributed by atoms with van der Waals surface area (Å²) in [5, 5.41) is 12.9. The molecule has 0 aliphatic heterocycles. The predicted molar refractivity (Wildman–Crippen MR) is 89.3 cm³/mol. The molecule has 0 radical (unpaired) electrons. The molecule has 1 aromatic carbocycles. The van der Waals surface area contributed by atoms with E-state index in [-0.39, 0.29) is 5.69 Å². The number of benzene rings is 1. The van der Waals surface area contributed by atoms with Gasteiger partial charge in [0.1, 0.15) is 5.65 Å². The van der Waals surface area contributed by atoms with Crippen LogP contribution in [0.5, 0.6) is 0 Å². The van der Waals surface area contributed by atoms with Gasteiger partial charge in [-0.2, -0.15) is 4.98 Å². The quantitative estimate of drug-likeness (QED) is 0.455. The van der Waals surface area contributed by atoms with Gasteiger partial charge in [-0.15, -0.1) is 0 Å². The highest BCUT2D eigenvalue weighted by atomic mass is 35.5. The fourth-order valence-electron chi connectivity index (χ4n) is 2.43. The minimum absolute atomic E-state index is 0.388. The Kier molecular flexibility index (Phi) is 4.08. The van der Waals surface area contributed by atoms with E-state index >= 15 is 0 Å². The minimum atomic E-state index is -0.388. The molecule has 116 valence electrons. The number of pyridine rings is 1. The molecule has 0 aliphatic carbocycles. The smallest absolute Gasteiger partial charge is 0.349 e. The molecular formula is C16H13ClN4O2. The zero-order chi connectivity index (χ0) is 16.4.